The van der Waals surface area contributed by atoms with E-state index in [9.17, 15) is 4.79 Å². The van der Waals surface area contributed by atoms with Gasteiger partial charge in [-0.25, -0.2) is 4.79 Å². The van der Waals surface area contributed by atoms with Gasteiger partial charge in [0, 0.05) is 10.9 Å². The quantitative estimate of drug-likeness (QED) is 0.592. The molecule has 1 amide bonds. The van der Waals surface area contributed by atoms with Gasteiger partial charge in [-0.05, 0) is 33.6 Å². The van der Waals surface area contributed by atoms with Gasteiger partial charge in [0.05, 0.1) is 0 Å². The summed E-state index contributed by atoms with van der Waals surface area (Å²) in [5.74, 6) is 0. The highest BCUT2D eigenvalue weighted by Crippen LogP contribution is 2.24. The summed E-state index contributed by atoms with van der Waals surface area (Å²) < 4.78 is 5.26. The normalized spacial score (nSPS) is 27.0. The van der Waals surface area contributed by atoms with Crippen LogP contribution in [0.2, 0.25) is 0 Å². The van der Waals surface area contributed by atoms with Crippen molar-refractivity contribution in [3.8, 4) is 0 Å². The van der Waals surface area contributed by atoms with Crippen LogP contribution in [0.4, 0.5) is 4.79 Å². The Morgan fingerprint density at radius 1 is 1.25 bits per heavy atom. The molecule has 1 fully saturated rings. The molecule has 0 saturated heterocycles. The summed E-state index contributed by atoms with van der Waals surface area (Å²) in [6, 6.07) is 0.206. The van der Waals surface area contributed by atoms with Gasteiger partial charge in [0.15, 0.2) is 0 Å². The minimum Gasteiger partial charge on any atom is -0.444 e. The Bertz CT molecular complexity index is 238. The van der Waals surface area contributed by atoms with Crippen LogP contribution in [0.25, 0.3) is 0 Å². The number of nitrogens with one attached hydrogen (secondary N) is 1. The summed E-state index contributed by atoms with van der Waals surface area (Å²) >= 11 is 3.64. The van der Waals surface area contributed by atoms with E-state index in [1.165, 1.54) is 19.3 Å². The molecule has 0 aromatic carbocycles. The number of halogens is 1. The lowest BCUT2D eigenvalue weighted by Gasteiger charge is -2.25. The third kappa shape index (κ3) is 5.19. The second-order valence-corrected chi connectivity index (χ2v) is 6.58. The zero-order valence-corrected chi connectivity index (χ0v) is 12.0. The highest BCUT2D eigenvalue weighted by Gasteiger charge is 2.25. The van der Waals surface area contributed by atoms with Gasteiger partial charge < -0.3 is 10.1 Å². The second kappa shape index (κ2) is 5.89. The fourth-order valence-electron chi connectivity index (χ4n) is 1.88. The standard InChI is InChI=1S/C12H22BrNO2/c1-12(2,3)16-11(15)14-10-8-6-4-5-7-9(10)13/h9-10H,4-8H2,1-3H3,(H,14,15). The van der Waals surface area contributed by atoms with Gasteiger partial charge in [0.25, 0.3) is 0 Å². The first-order valence-electron chi connectivity index (χ1n) is 6.02. The minimum atomic E-state index is -0.420. The zero-order chi connectivity index (χ0) is 12.2. The van der Waals surface area contributed by atoms with Gasteiger partial charge in [-0.3, -0.25) is 0 Å². The Hall–Kier alpha value is -0.250. The van der Waals surface area contributed by atoms with E-state index >= 15 is 0 Å². The molecule has 0 aromatic rings. The molecule has 0 heterocycles. The molecule has 1 aliphatic rings. The number of carbonyl (C=O) groups excluding carboxylic acids is 1. The predicted octanol–water partition coefficient (Wildman–Crippen LogP) is 3.61. The molecular weight excluding hydrogens is 270 g/mol. The highest BCUT2D eigenvalue weighted by molar-refractivity contribution is 9.09. The van der Waals surface area contributed by atoms with Crippen LogP contribution < -0.4 is 5.32 Å². The van der Waals surface area contributed by atoms with Crippen LogP contribution in [0, 0.1) is 0 Å². The Morgan fingerprint density at radius 2 is 1.88 bits per heavy atom. The average Bonchev–Trinajstić information content (AvgIpc) is 2.29. The molecule has 2 atom stereocenters. The summed E-state index contributed by atoms with van der Waals surface area (Å²) in [5.41, 5.74) is -0.420. The summed E-state index contributed by atoms with van der Waals surface area (Å²) in [5, 5.41) is 2.96. The molecule has 94 valence electrons. The maximum Gasteiger partial charge on any atom is 0.407 e. The molecule has 0 radical (unpaired) electrons. The molecule has 1 saturated carbocycles. The van der Waals surface area contributed by atoms with Crippen molar-refractivity contribution >= 4 is 22.0 Å². The number of hydrogen-bond acceptors (Lipinski definition) is 2. The maximum atomic E-state index is 11.6. The van der Waals surface area contributed by atoms with Crippen LogP contribution in [0.1, 0.15) is 52.9 Å². The van der Waals surface area contributed by atoms with Gasteiger partial charge in [-0.1, -0.05) is 35.2 Å². The van der Waals surface area contributed by atoms with Crippen molar-refractivity contribution < 1.29 is 9.53 Å². The predicted molar refractivity (Wildman–Crippen MR) is 69.0 cm³/mol. The number of alkyl carbamates (subject to hydrolysis) is 1. The molecule has 0 aromatic heterocycles. The second-order valence-electron chi connectivity index (χ2n) is 5.41. The molecule has 1 N–H and O–H groups in total. The smallest absolute Gasteiger partial charge is 0.407 e. The highest BCUT2D eigenvalue weighted by atomic mass is 79.9. The fraction of sp³-hybridized carbons (Fsp3) is 0.917. The van der Waals surface area contributed by atoms with E-state index in [1.807, 2.05) is 20.8 Å². The average molecular weight is 292 g/mol. The van der Waals surface area contributed by atoms with Crippen LogP contribution in [0.15, 0.2) is 0 Å². The monoisotopic (exact) mass is 291 g/mol. The lowest BCUT2D eigenvalue weighted by Crippen LogP contribution is -2.43. The molecule has 1 aliphatic carbocycles. The van der Waals surface area contributed by atoms with Crippen LogP contribution in [0.3, 0.4) is 0 Å². The lowest BCUT2D eigenvalue weighted by atomic mass is 10.1. The Morgan fingerprint density at radius 3 is 2.50 bits per heavy atom. The number of rotatable bonds is 1. The molecule has 4 heteroatoms. The SMILES string of the molecule is CC(C)(C)OC(=O)NC1CCCCCC1Br. The fourth-order valence-corrected chi connectivity index (χ4v) is 2.60. The third-order valence-electron chi connectivity index (χ3n) is 2.63. The molecule has 0 spiro atoms. The topological polar surface area (TPSA) is 38.3 Å². The summed E-state index contributed by atoms with van der Waals surface area (Å²) in [6.45, 7) is 5.64. The van der Waals surface area contributed by atoms with Crippen molar-refractivity contribution in [3.05, 3.63) is 0 Å². The van der Waals surface area contributed by atoms with Crippen molar-refractivity contribution in [1.29, 1.82) is 0 Å². The zero-order valence-electron chi connectivity index (χ0n) is 10.4. The molecule has 3 nitrogen and oxygen atoms in total. The summed E-state index contributed by atoms with van der Waals surface area (Å²) in [6.07, 6.45) is 5.54. The van der Waals surface area contributed by atoms with Crippen LogP contribution in [0.5, 0.6) is 0 Å². The molecule has 0 bridgehead atoms. The third-order valence-corrected chi connectivity index (χ3v) is 3.73. The van der Waals surface area contributed by atoms with Gasteiger partial charge in [0.1, 0.15) is 5.60 Å². The van der Waals surface area contributed by atoms with Crippen LogP contribution in [-0.2, 0) is 4.74 Å². The van der Waals surface area contributed by atoms with Crippen LogP contribution in [-0.4, -0.2) is 22.6 Å². The first kappa shape index (κ1) is 13.8. The van der Waals surface area contributed by atoms with Gasteiger partial charge in [0.2, 0.25) is 0 Å². The van der Waals surface area contributed by atoms with E-state index in [-0.39, 0.29) is 12.1 Å². The molecule has 0 aliphatic heterocycles. The van der Waals surface area contributed by atoms with Crippen molar-refractivity contribution in [3.63, 3.8) is 0 Å². The Kier molecular flexibility index (Phi) is 5.09. The molecular formula is C12H22BrNO2. The largest absolute Gasteiger partial charge is 0.444 e. The van der Waals surface area contributed by atoms with Crippen molar-refractivity contribution in [2.75, 3.05) is 0 Å². The van der Waals surface area contributed by atoms with E-state index < -0.39 is 5.60 Å². The Labute approximate surface area is 106 Å². The van der Waals surface area contributed by atoms with Gasteiger partial charge in [-0.2, -0.15) is 0 Å². The van der Waals surface area contributed by atoms with E-state index in [2.05, 4.69) is 21.2 Å². The number of carbonyl (C=O) groups is 1. The van der Waals surface area contributed by atoms with Gasteiger partial charge in [-0.15, -0.1) is 0 Å². The number of amides is 1. The number of ether oxygens (including phenoxy) is 1. The summed E-state index contributed by atoms with van der Waals surface area (Å²) in [7, 11) is 0. The van der Waals surface area contributed by atoms with Crippen molar-refractivity contribution in [2.45, 2.75) is 69.3 Å². The van der Waals surface area contributed by atoms with E-state index in [1.54, 1.807) is 0 Å². The van der Waals surface area contributed by atoms with Crippen LogP contribution >= 0.6 is 15.9 Å². The summed E-state index contributed by atoms with van der Waals surface area (Å²) in [4.78, 5) is 12.0. The molecule has 16 heavy (non-hydrogen) atoms. The number of alkyl halides is 1. The molecule has 1 rings (SSSR count). The van der Waals surface area contributed by atoms with Gasteiger partial charge >= 0.3 is 6.09 Å². The lowest BCUT2D eigenvalue weighted by molar-refractivity contribution is 0.0502. The Balaban J connectivity index is 2.42. The number of hydrogen-bond donors (Lipinski definition) is 1. The van der Waals surface area contributed by atoms with E-state index in [0.29, 0.717) is 4.83 Å². The van der Waals surface area contributed by atoms with Crippen molar-refractivity contribution in [2.24, 2.45) is 0 Å². The first-order valence-corrected chi connectivity index (χ1v) is 6.93. The molecule has 2 unspecified atom stereocenters. The van der Waals surface area contributed by atoms with Crippen molar-refractivity contribution in [1.82, 2.24) is 5.32 Å². The van der Waals surface area contributed by atoms with E-state index in [4.69, 9.17) is 4.74 Å². The first-order chi connectivity index (χ1) is 7.38. The van der Waals surface area contributed by atoms with E-state index in [0.717, 1.165) is 12.8 Å². The minimum absolute atomic E-state index is 0.206. The maximum absolute atomic E-state index is 11.6.